The van der Waals surface area contributed by atoms with E-state index in [1.165, 1.54) is 26.2 Å². The first-order valence-corrected chi connectivity index (χ1v) is 10.4. The van der Waals surface area contributed by atoms with Gasteiger partial charge in [-0.25, -0.2) is 12.7 Å². The van der Waals surface area contributed by atoms with E-state index < -0.39 is 10.0 Å². The molecule has 0 aliphatic carbocycles. The Morgan fingerprint density at radius 2 is 1.74 bits per heavy atom. The molecule has 3 N–H and O–H groups in total. The highest BCUT2D eigenvalue weighted by atomic mass is 35.5. The minimum atomic E-state index is -3.70. The van der Waals surface area contributed by atoms with Crippen LogP contribution in [0.4, 0.5) is 5.69 Å². The number of hydrogen-bond acceptors (Lipinski definition) is 3. The zero-order valence-corrected chi connectivity index (χ0v) is 17.4. The van der Waals surface area contributed by atoms with Crippen molar-refractivity contribution in [1.82, 2.24) is 4.31 Å². The van der Waals surface area contributed by atoms with Gasteiger partial charge in [-0.2, -0.15) is 0 Å². The third kappa shape index (κ3) is 5.29. The fourth-order valence-corrected chi connectivity index (χ4v) is 4.01. The van der Waals surface area contributed by atoms with Crippen LogP contribution in [0.3, 0.4) is 0 Å². The predicted molar refractivity (Wildman–Crippen MR) is 107 cm³/mol. The van der Waals surface area contributed by atoms with Gasteiger partial charge in [0.15, 0.2) is 6.04 Å². The Bertz CT molecular complexity index is 902. The van der Waals surface area contributed by atoms with Gasteiger partial charge in [-0.1, -0.05) is 41.9 Å². The number of anilines is 1. The number of quaternary nitrogens is 1. The maximum atomic E-state index is 12.5. The number of rotatable bonds is 7. The van der Waals surface area contributed by atoms with E-state index in [0.29, 0.717) is 5.69 Å². The molecule has 8 heteroatoms. The summed E-state index contributed by atoms with van der Waals surface area (Å²) in [5.74, 6) is -0.215. The van der Waals surface area contributed by atoms with Crippen LogP contribution >= 0.6 is 11.6 Å². The molecule has 146 valence electrons. The molecule has 6 nitrogen and oxygen atoms in total. The molecule has 0 spiro atoms. The topological polar surface area (TPSA) is 83.1 Å². The lowest BCUT2D eigenvalue weighted by Crippen LogP contribution is -2.91. The monoisotopic (exact) mass is 410 g/mol. The molecule has 0 unspecified atom stereocenters. The van der Waals surface area contributed by atoms with E-state index in [1.807, 2.05) is 49.5 Å². The molecule has 1 amide bonds. The Morgan fingerprint density at radius 3 is 2.33 bits per heavy atom. The van der Waals surface area contributed by atoms with Crippen LogP contribution in [0.25, 0.3) is 0 Å². The second kappa shape index (κ2) is 8.84. The molecule has 2 rings (SSSR count). The first-order valence-electron chi connectivity index (χ1n) is 8.56. The summed E-state index contributed by atoms with van der Waals surface area (Å²) < 4.78 is 25.8. The molecule has 0 radical (unpaired) electrons. The molecular weight excluding hydrogens is 386 g/mol. The van der Waals surface area contributed by atoms with Gasteiger partial charge in [-0.15, -0.1) is 0 Å². The summed E-state index contributed by atoms with van der Waals surface area (Å²) in [4.78, 5) is 12.5. The summed E-state index contributed by atoms with van der Waals surface area (Å²) in [5.41, 5.74) is 1.51. The Hall–Kier alpha value is -1.93. The number of benzene rings is 2. The van der Waals surface area contributed by atoms with Crippen molar-refractivity contribution in [2.45, 2.75) is 30.8 Å². The van der Waals surface area contributed by atoms with Crippen molar-refractivity contribution in [2.24, 2.45) is 0 Å². The molecule has 0 saturated heterocycles. The molecule has 0 saturated carbocycles. The van der Waals surface area contributed by atoms with E-state index in [4.69, 9.17) is 11.6 Å². The van der Waals surface area contributed by atoms with Gasteiger partial charge in [0.25, 0.3) is 5.91 Å². The van der Waals surface area contributed by atoms with Crippen molar-refractivity contribution < 1.29 is 18.5 Å². The number of sulfonamides is 1. The average Bonchev–Trinajstić information content (AvgIpc) is 2.63. The van der Waals surface area contributed by atoms with Gasteiger partial charge >= 0.3 is 0 Å². The molecule has 0 heterocycles. The number of halogens is 1. The lowest BCUT2D eigenvalue weighted by Gasteiger charge is -2.18. The van der Waals surface area contributed by atoms with E-state index in [-0.39, 0.29) is 27.9 Å². The Balaban J connectivity index is 2.11. The number of hydrogen-bond donors (Lipinski definition) is 2. The molecule has 2 aromatic carbocycles. The van der Waals surface area contributed by atoms with E-state index in [0.717, 1.165) is 9.87 Å². The first kappa shape index (κ1) is 21.4. The van der Waals surface area contributed by atoms with Crippen LogP contribution in [0.2, 0.25) is 5.02 Å². The van der Waals surface area contributed by atoms with Crippen molar-refractivity contribution in [3.05, 3.63) is 59.1 Å². The Labute approximate surface area is 165 Å². The van der Waals surface area contributed by atoms with Crippen molar-refractivity contribution in [2.75, 3.05) is 19.4 Å². The van der Waals surface area contributed by atoms with Gasteiger partial charge in [0, 0.05) is 25.3 Å². The quantitative estimate of drug-likeness (QED) is 0.734. The van der Waals surface area contributed by atoms with Crippen molar-refractivity contribution in [3.63, 3.8) is 0 Å². The van der Waals surface area contributed by atoms with Gasteiger partial charge < -0.3 is 10.6 Å². The van der Waals surface area contributed by atoms with Crippen LogP contribution in [0.5, 0.6) is 0 Å². The van der Waals surface area contributed by atoms with Gasteiger partial charge in [0.2, 0.25) is 10.0 Å². The van der Waals surface area contributed by atoms with E-state index in [2.05, 4.69) is 5.32 Å². The highest BCUT2D eigenvalue weighted by molar-refractivity contribution is 7.89. The lowest BCUT2D eigenvalue weighted by molar-refractivity contribution is -0.709. The Kier molecular flexibility index (Phi) is 7.00. The number of nitrogens with two attached hydrogens (primary N) is 1. The number of amides is 1. The van der Waals surface area contributed by atoms with E-state index in [1.54, 1.807) is 6.07 Å². The minimum absolute atomic E-state index is 0.0405. The molecule has 0 aliphatic heterocycles. The fraction of sp³-hybridized carbons (Fsp3) is 0.316. The number of carbonyl (C=O) groups excluding carboxylic acids is 1. The van der Waals surface area contributed by atoms with Crippen molar-refractivity contribution >= 4 is 33.2 Å². The second-order valence-corrected chi connectivity index (χ2v) is 9.13. The summed E-state index contributed by atoms with van der Waals surface area (Å²) in [6.45, 7) is 3.84. The van der Waals surface area contributed by atoms with E-state index >= 15 is 0 Å². The van der Waals surface area contributed by atoms with Crippen molar-refractivity contribution in [1.29, 1.82) is 0 Å². The standard InChI is InChI=1S/C19H24ClN3O3S/c1-13(15-8-6-5-7-9-15)21-14(2)19(24)22-16-10-11-17(20)18(12-16)27(25,26)23(3)4/h5-14,21H,1-4H3,(H,22,24)/p+1/t13-,14+/m0/s1. The number of nitrogens with zero attached hydrogens (tertiary/aromatic N) is 1. The Morgan fingerprint density at radius 1 is 1.11 bits per heavy atom. The second-order valence-electron chi connectivity index (χ2n) is 6.60. The lowest BCUT2D eigenvalue weighted by atomic mass is 10.1. The summed E-state index contributed by atoms with van der Waals surface area (Å²) in [6.07, 6.45) is 0. The highest BCUT2D eigenvalue weighted by Crippen LogP contribution is 2.26. The van der Waals surface area contributed by atoms with Crippen LogP contribution in [0.15, 0.2) is 53.4 Å². The summed E-state index contributed by atoms with van der Waals surface area (Å²) in [7, 11) is -0.840. The van der Waals surface area contributed by atoms with Crippen LogP contribution in [-0.4, -0.2) is 38.8 Å². The van der Waals surface area contributed by atoms with Crippen molar-refractivity contribution in [3.8, 4) is 0 Å². The fourth-order valence-electron chi connectivity index (χ4n) is 2.62. The zero-order chi connectivity index (χ0) is 20.2. The number of nitrogens with one attached hydrogen (secondary N) is 1. The van der Waals surface area contributed by atoms with Gasteiger partial charge in [0.1, 0.15) is 10.9 Å². The van der Waals surface area contributed by atoms with Gasteiger partial charge in [-0.3, -0.25) is 4.79 Å². The predicted octanol–water partition coefficient (Wildman–Crippen LogP) is 2.24. The van der Waals surface area contributed by atoms with Crippen LogP contribution in [-0.2, 0) is 14.8 Å². The zero-order valence-electron chi connectivity index (χ0n) is 15.8. The molecule has 0 bridgehead atoms. The molecule has 0 aliphatic rings. The van der Waals surface area contributed by atoms with Crippen LogP contribution in [0.1, 0.15) is 25.5 Å². The largest absolute Gasteiger partial charge is 0.330 e. The molecule has 0 aromatic heterocycles. The minimum Gasteiger partial charge on any atom is -0.330 e. The molecule has 27 heavy (non-hydrogen) atoms. The summed E-state index contributed by atoms with van der Waals surface area (Å²) in [6, 6.07) is 14.1. The normalized spacial score (nSPS) is 14.0. The highest BCUT2D eigenvalue weighted by Gasteiger charge is 2.23. The van der Waals surface area contributed by atoms with Gasteiger partial charge in [-0.05, 0) is 32.0 Å². The third-order valence-corrected chi connectivity index (χ3v) is 6.57. The molecule has 2 atom stereocenters. The van der Waals surface area contributed by atoms with Crippen LogP contribution < -0.4 is 10.6 Å². The molecular formula is C19H25ClN3O3S+. The average molecular weight is 411 g/mol. The van der Waals surface area contributed by atoms with Crippen LogP contribution in [0, 0.1) is 0 Å². The number of carbonyl (C=O) groups is 1. The maximum absolute atomic E-state index is 12.5. The maximum Gasteiger partial charge on any atom is 0.282 e. The first-order chi connectivity index (χ1) is 12.6. The van der Waals surface area contributed by atoms with Gasteiger partial charge in [0.05, 0.1) is 5.02 Å². The SMILES string of the molecule is C[C@H]([NH2+][C@H](C)C(=O)Nc1ccc(Cl)c(S(=O)(=O)N(C)C)c1)c1ccccc1. The molecule has 2 aromatic rings. The molecule has 0 fully saturated rings. The summed E-state index contributed by atoms with van der Waals surface area (Å²) in [5, 5.41) is 4.83. The summed E-state index contributed by atoms with van der Waals surface area (Å²) >= 11 is 6.04. The van der Waals surface area contributed by atoms with E-state index in [9.17, 15) is 13.2 Å². The smallest absolute Gasteiger partial charge is 0.282 e. The third-order valence-electron chi connectivity index (χ3n) is 4.27.